The Morgan fingerprint density at radius 2 is 2.00 bits per heavy atom. The van der Waals surface area contributed by atoms with Gasteiger partial charge < -0.3 is 4.74 Å². The van der Waals surface area contributed by atoms with Crippen molar-refractivity contribution in [2.45, 2.75) is 25.2 Å². The Balaban J connectivity index is 1.61. The van der Waals surface area contributed by atoms with Crippen LogP contribution in [0.4, 0.5) is 0 Å². The smallest absolute Gasteiger partial charge is 0.218 e. The molecule has 0 radical (unpaired) electrons. The van der Waals surface area contributed by atoms with E-state index in [2.05, 4.69) is 4.98 Å². The Morgan fingerprint density at radius 1 is 1.22 bits per heavy atom. The molecule has 23 heavy (non-hydrogen) atoms. The largest absolute Gasteiger partial charge is 0.473 e. The lowest BCUT2D eigenvalue weighted by molar-refractivity contribution is 0.207. The molecular formula is C17H20N2O3S. The Kier molecular flexibility index (Phi) is 4.63. The van der Waals surface area contributed by atoms with Gasteiger partial charge in [0.05, 0.1) is 12.3 Å². The topological polar surface area (TPSA) is 59.5 Å². The molecule has 0 saturated carbocycles. The fourth-order valence-corrected chi connectivity index (χ4v) is 4.19. The fourth-order valence-electron chi connectivity index (χ4n) is 2.62. The van der Waals surface area contributed by atoms with Gasteiger partial charge >= 0.3 is 0 Å². The van der Waals surface area contributed by atoms with Crippen LogP contribution >= 0.6 is 0 Å². The SMILES string of the molecule is Cc1ccc(OC2CCN(S(=O)(=O)Cc3ccccc3)C2)nc1. The molecule has 1 unspecified atom stereocenters. The van der Waals surface area contributed by atoms with Crippen molar-refractivity contribution >= 4 is 10.0 Å². The zero-order chi connectivity index (χ0) is 16.3. The van der Waals surface area contributed by atoms with Crippen molar-refractivity contribution in [1.29, 1.82) is 0 Å². The van der Waals surface area contributed by atoms with Gasteiger partial charge in [-0.15, -0.1) is 0 Å². The molecule has 1 aromatic carbocycles. The predicted octanol–water partition coefficient (Wildman–Crippen LogP) is 2.37. The van der Waals surface area contributed by atoms with E-state index in [1.54, 1.807) is 6.20 Å². The Hall–Kier alpha value is -1.92. The maximum absolute atomic E-state index is 12.5. The number of nitrogens with zero attached hydrogens (tertiary/aromatic N) is 2. The molecule has 0 spiro atoms. The van der Waals surface area contributed by atoms with Gasteiger partial charge in [0.15, 0.2) is 0 Å². The average Bonchev–Trinajstić information content (AvgIpc) is 3.00. The number of rotatable bonds is 5. The summed E-state index contributed by atoms with van der Waals surface area (Å²) in [5.41, 5.74) is 1.87. The standard InChI is InChI=1S/C17H20N2O3S/c1-14-7-8-17(18-11-14)22-16-9-10-19(12-16)23(20,21)13-15-5-3-2-4-6-15/h2-8,11,16H,9-10,12-13H2,1H3. The highest BCUT2D eigenvalue weighted by molar-refractivity contribution is 7.88. The van der Waals surface area contributed by atoms with Crippen molar-refractivity contribution in [2.75, 3.05) is 13.1 Å². The van der Waals surface area contributed by atoms with Crippen LogP contribution in [0.15, 0.2) is 48.7 Å². The van der Waals surface area contributed by atoms with E-state index in [0.29, 0.717) is 25.4 Å². The van der Waals surface area contributed by atoms with Crippen LogP contribution in [0.2, 0.25) is 0 Å². The molecule has 2 aromatic rings. The van der Waals surface area contributed by atoms with E-state index in [4.69, 9.17) is 4.74 Å². The summed E-state index contributed by atoms with van der Waals surface area (Å²) in [5.74, 6) is 0.575. The maximum Gasteiger partial charge on any atom is 0.218 e. The molecule has 6 heteroatoms. The molecule has 0 aliphatic carbocycles. The Labute approximate surface area is 137 Å². The number of hydrogen-bond donors (Lipinski definition) is 0. The summed E-state index contributed by atoms with van der Waals surface area (Å²) in [4.78, 5) is 4.21. The average molecular weight is 332 g/mol. The molecule has 1 atom stereocenters. The zero-order valence-electron chi connectivity index (χ0n) is 13.1. The van der Waals surface area contributed by atoms with Crippen LogP contribution in [0.1, 0.15) is 17.5 Å². The third-order valence-corrected chi connectivity index (χ3v) is 5.68. The number of aryl methyl sites for hydroxylation is 1. The second-order valence-corrected chi connectivity index (χ2v) is 7.77. The fraction of sp³-hybridized carbons (Fsp3) is 0.353. The van der Waals surface area contributed by atoms with E-state index in [9.17, 15) is 8.42 Å². The maximum atomic E-state index is 12.5. The molecule has 1 aliphatic heterocycles. The van der Waals surface area contributed by atoms with E-state index >= 15 is 0 Å². The lowest BCUT2D eigenvalue weighted by Crippen LogP contribution is -2.32. The first-order chi connectivity index (χ1) is 11.0. The summed E-state index contributed by atoms with van der Waals surface area (Å²) in [6.45, 7) is 2.83. The lowest BCUT2D eigenvalue weighted by Gasteiger charge is -2.17. The van der Waals surface area contributed by atoms with Gasteiger partial charge in [-0.05, 0) is 24.5 Å². The molecule has 1 fully saturated rings. The van der Waals surface area contributed by atoms with E-state index in [1.165, 1.54) is 4.31 Å². The van der Waals surface area contributed by atoms with E-state index in [-0.39, 0.29) is 11.9 Å². The van der Waals surface area contributed by atoms with Gasteiger partial charge in [-0.25, -0.2) is 13.4 Å². The number of ether oxygens (including phenoxy) is 1. The highest BCUT2D eigenvalue weighted by Gasteiger charge is 2.32. The molecule has 3 rings (SSSR count). The summed E-state index contributed by atoms with van der Waals surface area (Å²) in [6.07, 6.45) is 2.29. The van der Waals surface area contributed by atoms with Crippen molar-refractivity contribution in [3.05, 3.63) is 59.8 Å². The second kappa shape index (κ2) is 6.68. The van der Waals surface area contributed by atoms with Crippen LogP contribution in [0.5, 0.6) is 5.88 Å². The monoisotopic (exact) mass is 332 g/mol. The molecule has 1 aliphatic rings. The molecule has 2 heterocycles. The first-order valence-electron chi connectivity index (χ1n) is 7.64. The third-order valence-electron chi connectivity index (χ3n) is 3.86. The first kappa shape index (κ1) is 16.0. The molecule has 1 aromatic heterocycles. The highest BCUT2D eigenvalue weighted by atomic mass is 32.2. The van der Waals surface area contributed by atoms with Crippen LogP contribution in [0.3, 0.4) is 0 Å². The van der Waals surface area contributed by atoms with Gasteiger partial charge in [-0.3, -0.25) is 0 Å². The summed E-state index contributed by atoms with van der Waals surface area (Å²) in [7, 11) is -3.31. The van der Waals surface area contributed by atoms with Crippen LogP contribution in [-0.4, -0.2) is 36.9 Å². The first-order valence-corrected chi connectivity index (χ1v) is 9.25. The normalized spacial score (nSPS) is 18.9. The molecule has 5 nitrogen and oxygen atoms in total. The Morgan fingerprint density at radius 3 is 2.70 bits per heavy atom. The zero-order valence-corrected chi connectivity index (χ0v) is 13.9. The van der Waals surface area contributed by atoms with Gasteiger partial charge in [0.2, 0.25) is 15.9 Å². The van der Waals surface area contributed by atoms with Gasteiger partial charge in [-0.1, -0.05) is 36.4 Å². The molecule has 0 amide bonds. The minimum Gasteiger partial charge on any atom is -0.473 e. The van der Waals surface area contributed by atoms with E-state index < -0.39 is 10.0 Å². The highest BCUT2D eigenvalue weighted by Crippen LogP contribution is 2.21. The number of pyridine rings is 1. The Bertz CT molecular complexity index is 745. The van der Waals surface area contributed by atoms with Crippen LogP contribution in [0, 0.1) is 6.92 Å². The summed E-state index contributed by atoms with van der Waals surface area (Å²) < 4.78 is 32.3. The third kappa shape index (κ3) is 4.09. The number of sulfonamides is 1. The summed E-state index contributed by atoms with van der Waals surface area (Å²) in [6, 6.07) is 13.0. The van der Waals surface area contributed by atoms with Gasteiger partial charge in [0.1, 0.15) is 6.10 Å². The summed E-state index contributed by atoms with van der Waals surface area (Å²) >= 11 is 0. The van der Waals surface area contributed by atoms with Crippen molar-refractivity contribution in [3.63, 3.8) is 0 Å². The van der Waals surface area contributed by atoms with E-state index in [0.717, 1.165) is 11.1 Å². The van der Waals surface area contributed by atoms with Crippen molar-refractivity contribution < 1.29 is 13.2 Å². The lowest BCUT2D eigenvalue weighted by atomic mass is 10.2. The minimum atomic E-state index is -3.31. The molecule has 0 N–H and O–H groups in total. The quantitative estimate of drug-likeness (QED) is 0.843. The van der Waals surface area contributed by atoms with E-state index in [1.807, 2.05) is 49.4 Å². The van der Waals surface area contributed by atoms with Crippen molar-refractivity contribution in [3.8, 4) is 5.88 Å². The van der Waals surface area contributed by atoms with Crippen LogP contribution < -0.4 is 4.74 Å². The van der Waals surface area contributed by atoms with Gasteiger partial charge in [-0.2, -0.15) is 4.31 Å². The molecule has 122 valence electrons. The number of hydrogen-bond acceptors (Lipinski definition) is 4. The number of aromatic nitrogens is 1. The van der Waals surface area contributed by atoms with Gasteiger partial charge in [0.25, 0.3) is 0 Å². The summed E-state index contributed by atoms with van der Waals surface area (Å²) in [5, 5.41) is 0. The second-order valence-electron chi connectivity index (χ2n) is 5.80. The molecule has 0 bridgehead atoms. The number of benzene rings is 1. The molecule has 1 saturated heterocycles. The van der Waals surface area contributed by atoms with Crippen LogP contribution in [-0.2, 0) is 15.8 Å². The van der Waals surface area contributed by atoms with Crippen molar-refractivity contribution in [2.24, 2.45) is 0 Å². The predicted molar refractivity (Wildman–Crippen MR) is 88.6 cm³/mol. The molecular weight excluding hydrogens is 312 g/mol. The minimum absolute atomic E-state index is 0.0311. The van der Waals surface area contributed by atoms with Crippen LogP contribution in [0.25, 0.3) is 0 Å². The van der Waals surface area contributed by atoms with Gasteiger partial charge in [0, 0.05) is 18.8 Å². The van der Waals surface area contributed by atoms with Crippen molar-refractivity contribution in [1.82, 2.24) is 9.29 Å².